The molecule has 0 radical (unpaired) electrons. The summed E-state index contributed by atoms with van der Waals surface area (Å²) in [6, 6.07) is 21.8. The third-order valence-corrected chi connectivity index (χ3v) is 5.21. The second kappa shape index (κ2) is 8.23. The second-order valence-electron chi connectivity index (χ2n) is 6.26. The molecular weight excluding hydrogens is 454 g/mol. The van der Waals surface area contributed by atoms with Crippen LogP contribution in [0.25, 0.3) is 22.2 Å². The zero-order valence-electron chi connectivity index (χ0n) is 15.4. The summed E-state index contributed by atoms with van der Waals surface area (Å²) in [7, 11) is 1.62. The molecular formula is C23H15BrClNO3. The number of aromatic nitrogens is 1. The van der Waals surface area contributed by atoms with E-state index in [4.69, 9.17) is 26.1 Å². The maximum atomic E-state index is 13.0. The number of rotatable bonds is 4. The molecule has 6 heteroatoms. The molecule has 29 heavy (non-hydrogen) atoms. The van der Waals surface area contributed by atoms with Gasteiger partial charge in [0.15, 0.2) is 0 Å². The molecule has 4 aromatic rings. The van der Waals surface area contributed by atoms with Gasteiger partial charge in [-0.15, -0.1) is 0 Å². The summed E-state index contributed by atoms with van der Waals surface area (Å²) in [6.45, 7) is 0. The fourth-order valence-electron chi connectivity index (χ4n) is 2.97. The number of fused-ring (bicyclic) bond motifs is 1. The normalized spacial score (nSPS) is 10.7. The minimum absolute atomic E-state index is 0.298. The maximum absolute atomic E-state index is 13.0. The van der Waals surface area contributed by atoms with Gasteiger partial charge in [-0.2, -0.15) is 0 Å². The van der Waals surface area contributed by atoms with Crippen molar-refractivity contribution in [3.63, 3.8) is 0 Å². The standard InChI is InChI=1S/C23H15BrClNO3/c1-28-16-9-6-14(7-10-16)21-13-18(17-4-2-3-5-20(17)26-21)23(27)29-22-11-8-15(24)12-19(22)25/h2-13H,1H3. The smallest absolute Gasteiger partial charge is 0.344 e. The zero-order chi connectivity index (χ0) is 20.4. The number of esters is 1. The molecule has 0 unspecified atom stereocenters. The van der Waals surface area contributed by atoms with Crippen LogP contribution in [0.2, 0.25) is 5.02 Å². The van der Waals surface area contributed by atoms with E-state index in [0.29, 0.717) is 32.9 Å². The van der Waals surface area contributed by atoms with Crippen LogP contribution in [0.1, 0.15) is 10.4 Å². The molecule has 4 nitrogen and oxygen atoms in total. The lowest BCUT2D eigenvalue weighted by molar-refractivity contribution is 0.0737. The number of hydrogen-bond donors (Lipinski definition) is 0. The van der Waals surface area contributed by atoms with E-state index in [2.05, 4.69) is 15.9 Å². The van der Waals surface area contributed by atoms with E-state index in [0.717, 1.165) is 15.8 Å². The Hall–Kier alpha value is -2.89. The van der Waals surface area contributed by atoms with Gasteiger partial charge < -0.3 is 9.47 Å². The first-order valence-corrected chi connectivity index (χ1v) is 9.93. The number of para-hydroxylation sites is 1. The molecule has 144 valence electrons. The summed E-state index contributed by atoms with van der Waals surface area (Å²) in [5.41, 5.74) is 2.66. The van der Waals surface area contributed by atoms with Crippen molar-refractivity contribution in [2.24, 2.45) is 0 Å². The summed E-state index contributed by atoms with van der Waals surface area (Å²) < 4.78 is 11.6. The Morgan fingerprint density at radius 2 is 1.76 bits per heavy atom. The minimum Gasteiger partial charge on any atom is -0.497 e. The number of carbonyl (C=O) groups is 1. The molecule has 0 aliphatic heterocycles. The fraction of sp³-hybridized carbons (Fsp3) is 0.0435. The lowest BCUT2D eigenvalue weighted by Gasteiger charge is -2.11. The molecule has 0 amide bonds. The van der Waals surface area contributed by atoms with Crippen molar-refractivity contribution in [3.8, 4) is 22.8 Å². The topological polar surface area (TPSA) is 48.4 Å². The first kappa shape index (κ1) is 19.4. The summed E-state index contributed by atoms with van der Waals surface area (Å²) in [4.78, 5) is 17.7. The maximum Gasteiger partial charge on any atom is 0.344 e. The second-order valence-corrected chi connectivity index (χ2v) is 7.59. The van der Waals surface area contributed by atoms with Gasteiger partial charge in [0.1, 0.15) is 11.5 Å². The van der Waals surface area contributed by atoms with Crippen molar-refractivity contribution in [2.75, 3.05) is 7.11 Å². The molecule has 0 saturated heterocycles. The number of hydrogen-bond acceptors (Lipinski definition) is 4. The third kappa shape index (κ3) is 4.11. The Morgan fingerprint density at radius 3 is 2.48 bits per heavy atom. The Labute approximate surface area is 181 Å². The van der Waals surface area contributed by atoms with Crippen molar-refractivity contribution in [1.82, 2.24) is 4.98 Å². The molecule has 0 aliphatic carbocycles. The number of pyridine rings is 1. The van der Waals surface area contributed by atoms with Gasteiger partial charge in [-0.3, -0.25) is 0 Å². The number of methoxy groups -OCH3 is 1. The van der Waals surface area contributed by atoms with Crippen molar-refractivity contribution in [2.45, 2.75) is 0 Å². The summed E-state index contributed by atoms with van der Waals surface area (Å²) in [6.07, 6.45) is 0. The molecule has 0 spiro atoms. The van der Waals surface area contributed by atoms with E-state index in [-0.39, 0.29) is 0 Å². The summed E-state index contributed by atoms with van der Waals surface area (Å²) in [5.74, 6) is 0.549. The van der Waals surface area contributed by atoms with Crippen LogP contribution in [-0.2, 0) is 0 Å². The van der Waals surface area contributed by atoms with Gasteiger partial charge >= 0.3 is 5.97 Å². The lowest BCUT2D eigenvalue weighted by Crippen LogP contribution is -2.10. The van der Waals surface area contributed by atoms with E-state index >= 15 is 0 Å². The van der Waals surface area contributed by atoms with Crippen LogP contribution in [0, 0.1) is 0 Å². The van der Waals surface area contributed by atoms with Gasteiger partial charge in [0.2, 0.25) is 0 Å². The Kier molecular flexibility index (Phi) is 5.51. The number of carbonyl (C=O) groups excluding carboxylic acids is 1. The quantitative estimate of drug-likeness (QED) is 0.252. The van der Waals surface area contributed by atoms with Crippen molar-refractivity contribution in [1.29, 1.82) is 0 Å². The predicted molar refractivity (Wildman–Crippen MR) is 118 cm³/mol. The molecule has 0 aliphatic rings. The first-order chi connectivity index (χ1) is 14.0. The van der Waals surface area contributed by atoms with Gasteiger partial charge in [0.25, 0.3) is 0 Å². The molecule has 0 N–H and O–H groups in total. The van der Waals surface area contributed by atoms with Crippen LogP contribution >= 0.6 is 27.5 Å². The largest absolute Gasteiger partial charge is 0.497 e. The van der Waals surface area contributed by atoms with E-state index in [9.17, 15) is 4.79 Å². The molecule has 4 rings (SSSR count). The highest BCUT2D eigenvalue weighted by molar-refractivity contribution is 9.10. The number of ether oxygens (including phenoxy) is 2. The van der Waals surface area contributed by atoms with Crippen molar-refractivity contribution < 1.29 is 14.3 Å². The van der Waals surface area contributed by atoms with Gasteiger partial charge in [-0.05, 0) is 54.6 Å². The fourth-order valence-corrected chi connectivity index (χ4v) is 3.68. The van der Waals surface area contributed by atoms with Crippen molar-refractivity contribution in [3.05, 3.63) is 87.9 Å². The molecule has 1 heterocycles. The van der Waals surface area contributed by atoms with Gasteiger partial charge in [0, 0.05) is 15.4 Å². The monoisotopic (exact) mass is 467 g/mol. The highest BCUT2D eigenvalue weighted by atomic mass is 79.9. The van der Waals surface area contributed by atoms with E-state index in [1.807, 2.05) is 48.5 Å². The average molecular weight is 469 g/mol. The average Bonchev–Trinajstić information content (AvgIpc) is 2.75. The van der Waals surface area contributed by atoms with Crippen LogP contribution < -0.4 is 9.47 Å². The number of nitrogens with zero attached hydrogens (tertiary/aromatic N) is 1. The molecule has 0 atom stereocenters. The van der Waals surface area contributed by atoms with Crippen LogP contribution in [0.5, 0.6) is 11.5 Å². The summed E-state index contributed by atoms with van der Waals surface area (Å²) >= 11 is 9.55. The van der Waals surface area contributed by atoms with E-state index in [1.165, 1.54) is 0 Å². The Morgan fingerprint density at radius 1 is 1.00 bits per heavy atom. The number of halogens is 2. The SMILES string of the molecule is COc1ccc(-c2cc(C(=O)Oc3ccc(Br)cc3Cl)c3ccccc3n2)cc1. The van der Waals surface area contributed by atoms with E-state index < -0.39 is 5.97 Å². The molecule has 0 bridgehead atoms. The van der Waals surface area contributed by atoms with Crippen LogP contribution in [-0.4, -0.2) is 18.1 Å². The predicted octanol–water partition coefficient (Wildman–Crippen LogP) is 6.55. The molecule has 1 aromatic heterocycles. The van der Waals surface area contributed by atoms with Crippen LogP contribution in [0.15, 0.2) is 77.3 Å². The zero-order valence-corrected chi connectivity index (χ0v) is 17.7. The molecule has 3 aromatic carbocycles. The minimum atomic E-state index is -0.498. The molecule has 0 fully saturated rings. The Balaban J connectivity index is 1.78. The molecule has 0 saturated carbocycles. The summed E-state index contributed by atoms with van der Waals surface area (Å²) in [5, 5.41) is 1.06. The van der Waals surface area contributed by atoms with Crippen LogP contribution in [0.3, 0.4) is 0 Å². The highest BCUT2D eigenvalue weighted by Crippen LogP contribution is 2.31. The Bertz CT molecular complexity index is 1210. The van der Waals surface area contributed by atoms with Gasteiger partial charge in [-0.1, -0.05) is 45.7 Å². The van der Waals surface area contributed by atoms with Gasteiger partial charge in [0.05, 0.1) is 28.9 Å². The van der Waals surface area contributed by atoms with Crippen molar-refractivity contribution >= 4 is 44.4 Å². The highest BCUT2D eigenvalue weighted by Gasteiger charge is 2.17. The van der Waals surface area contributed by atoms with Crippen LogP contribution in [0.4, 0.5) is 0 Å². The lowest BCUT2D eigenvalue weighted by atomic mass is 10.0. The first-order valence-electron chi connectivity index (χ1n) is 8.76. The third-order valence-electron chi connectivity index (χ3n) is 4.42. The van der Waals surface area contributed by atoms with E-state index in [1.54, 1.807) is 31.4 Å². The number of benzene rings is 3. The van der Waals surface area contributed by atoms with Gasteiger partial charge in [-0.25, -0.2) is 9.78 Å².